The number of hydrogen-bond acceptors (Lipinski definition) is 6. The number of nitrogens with one attached hydrogen (secondary N) is 1. The van der Waals surface area contributed by atoms with Gasteiger partial charge in [-0.15, -0.1) is 10.2 Å². The summed E-state index contributed by atoms with van der Waals surface area (Å²) in [6, 6.07) is 20.4. The number of benzene rings is 3. The number of hydrogen-bond donors (Lipinski definition) is 3. The number of phenols is 1. The number of phenolic OH excluding ortho intramolecular Hbond substituents is 1. The first-order valence-corrected chi connectivity index (χ1v) is 11.0. The number of carbonyl (C=O) groups excluding carboxylic acids is 1. The highest BCUT2D eigenvalue weighted by Crippen LogP contribution is 2.32. The Morgan fingerprint density at radius 2 is 1.73 bits per heavy atom. The van der Waals surface area contributed by atoms with E-state index in [0.29, 0.717) is 22.2 Å². The van der Waals surface area contributed by atoms with Crippen LogP contribution in [0.3, 0.4) is 0 Å². The van der Waals surface area contributed by atoms with Crippen LogP contribution in [-0.4, -0.2) is 42.6 Å². The zero-order valence-corrected chi connectivity index (χ0v) is 18.5. The maximum Gasteiger partial charge on any atom is 0.337 e. The van der Waals surface area contributed by atoms with Crippen LogP contribution in [0.5, 0.6) is 5.75 Å². The number of amides is 1. The van der Waals surface area contributed by atoms with Gasteiger partial charge >= 0.3 is 5.97 Å². The van der Waals surface area contributed by atoms with Crippen LogP contribution in [0.25, 0.3) is 17.1 Å². The molecule has 10 heteroatoms. The van der Waals surface area contributed by atoms with Gasteiger partial charge in [0.2, 0.25) is 5.91 Å². The van der Waals surface area contributed by atoms with Gasteiger partial charge in [-0.25, -0.2) is 4.79 Å². The molecule has 0 radical (unpaired) electrons. The normalized spacial score (nSPS) is 10.7. The van der Waals surface area contributed by atoms with Crippen molar-refractivity contribution in [2.24, 2.45) is 0 Å². The molecule has 0 atom stereocenters. The number of aromatic carboxylic acids is 1. The first-order chi connectivity index (χ1) is 15.9. The molecule has 0 aliphatic carbocycles. The van der Waals surface area contributed by atoms with Gasteiger partial charge in [0.15, 0.2) is 11.0 Å². The predicted octanol–water partition coefficient (Wildman–Crippen LogP) is 4.72. The molecular formula is C23H17ClN4O4S. The zero-order chi connectivity index (χ0) is 23.4. The van der Waals surface area contributed by atoms with Gasteiger partial charge in [0.1, 0.15) is 5.75 Å². The summed E-state index contributed by atoms with van der Waals surface area (Å²) in [5.74, 6) is -1.04. The fourth-order valence-electron chi connectivity index (χ4n) is 3.10. The topological polar surface area (TPSA) is 117 Å². The molecule has 0 saturated heterocycles. The maximum absolute atomic E-state index is 12.5. The number of carboxylic acid groups (broad SMARTS) is 1. The Hall–Kier alpha value is -3.82. The average Bonchev–Trinajstić information content (AvgIpc) is 3.23. The molecular weight excluding hydrogens is 464 g/mol. The van der Waals surface area contributed by atoms with Crippen molar-refractivity contribution in [3.8, 4) is 22.8 Å². The number of anilines is 1. The third kappa shape index (κ3) is 5.00. The molecule has 0 bridgehead atoms. The maximum atomic E-state index is 12.5. The molecule has 4 rings (SSSR count). The molecule has 33 heavy (non-hydrogen) atoms. The molecule has 1 amide bonds. The summed E-state index contributed by atoms with van der Waals surface area (Å²) in [6.07, 6.45) is 0. The Labute approximate surface area is 197 Å². The number of carbonyl (C=O) groups is 2. The van der Waals surface area contributed by atoms with Gasteiger partial charge in [-0.3, -0.25) is 9.36 Å². The summed E-state index contributed by atoms with van der Waals surface area (Å²) < 4.78 is 1.76. The van der Waals surface area contributed by atoms with Crippen LogP contribution in [0.2, 0.25) is 5.02 Å². The molecule has 0 fully saturated rings. The Morgan fingerprint density at radius 1 is 1.00 bits per heavy atom. The number of thioether (sulfide) groups is 1. The molecule has 3 aromatic carbocycles. The van der Waals surface area contributed by atoms with Gasteiger partial charge in [-0.2, -0.15) is 0 Å². The minimum Gasteiger partial charge on any atom is -0.507 e. The van der Waals surface area contributed by atoms with E-state index >= 15 is 0 Å². The third-order valence-electron chi connectivity index (χ3n) is 4.61. The molecule has 4 aromatic rings. The van der Waals surface area contributed by atoms with Crippen LogP contribution >= 0.6 is 23.4 Å². The first kappa shape index (κ1) is 22.4. The lowest BCUT2D eigenvalue weighted by atomic mass is 10.2. The Morgan fingerprint density at radius 3 is 2.45 bits per heavy atom. The molecule has 0 aliphatic rings. The van der Waals surface area contributed by atoms with Crippen LogP contribution < -0.4 is 5.32 Å². The van der Waals surface area contributed by atoms with Crippen molar-refractivity contribution in [2.75, 3.05) is 11.1 Å². The highest BCUT2D eigenvalue weighted by atomic mass is 35.5. The van der Waals surface area contributed by atoms with E-state index < -0.39 is 5.97 Å². The Kier molecular flexibility index (Phi) is 6.62. The highest BCUT2D eigenvalue weighted by molar-refractivity contribution is 7.99. The predicted molar refractivity (Wildman–Crippen MR) is 126 cm³/mol. The quantitative estimate of drug-likeness (QED) is 0.327. The van der Waals surface area contributed by atoms with Gasteiger partial charge in [-0.05, 0) is 42.5 Å². The second kappa shape index (κ2) is 9.76. The van der Waals surface area contributed by atoms with Crippen LogP contribution in [0.15, 0.2) is 78.0 Å². The van der Waals surface area contributed by atoms with Crippen molar-refractivity contribution in [1.82, 2.24) is 14.8 Å². The molecule has 166 valence electrons. The van der Waals surface area contributed by atoms with Crippen molar-refractivity contribution in [1.29, 1.82) is 0 Å². The molecule has 0 saturated carbocycles. The molecule has 8 nitrogen and oxygen atoms in total. The number of nitrogens with zero attached hydrogens (tertiary/aromatic N) is 3. The SMILES string of the molecule is O=C(CSc1nnc(-c2ccccc2O)n1-c1ccccc1)Nc1ccc(Cl)c(C(=O)O)c1. The van der Waals surface area contributed by atoms with Gasteiger partial charge < -0.3 is 15.5 Å². The van der Waals surface area contributed by atoms with Crippen molar-refractivity contribution in [3.05, 3.63) is 83.4 Å². The first-order valence-electron chi connectivity index (χ1n) is 9.68. The monoisotopic (exact) mass is 480 g/mol. The van der Waals surface area contributed by atoms with Crippen LogP contribution in [0.4, 0.5) is 5.69 Å². The van der Waals surface area contributed by atoms with E-state index in [1.54, 1.807) is 28.8 Å². The number of rotatable bonds is 7. The van der Waals surface area contributed by atoms with Crippen molar-refractivity contribution in [3.63, 3.8) is 0 Å². The van der Waals surface area contributed by atoms with E-state index in [1.807, 2.05) is 30.3 Å². The summed E-state index contributed by atoms with van der Waals surface area (Å²) in [7, 11) is 0. The molecule has 1 heterocycles. The molecule has 3 N–H and O–H groups in total. The summed E-state index contributed by atoms with van der Waals surface area (Å²) in [5, 5.41) is 31.2. The fraction of sp³-hybridized carbons (Fsp3) is 0.0435. The summed E-state index contributed by atoms with van der Waals surface area (Å²) in [6.45, 7) is 0. The van der Waals surface area contributed by atoms with E-state index in [9.17, 15) is 19.8 Å². The van der Waals surface area contributed by atoms with Gasteiger partial charge in [-0.1, -0.05) is 53.7 Å². The van der Waals surface area contributed by atoms with Crippen LogP contribution in [-0.2, 0) is 4.79 Å². The lowest BCUT2D eigenvalue weighted by Gasteiger charge is -2.11. The second-order valence-corrected chi connectivity index (χ2v) is 8.18. The number of para-hydroxylation sites is 2. The average molecular weight is 481 g/mol. The van der Waals surface area contributed by atoms with E-state index in [-0.39, 0.29) is 28.0 Å². The molecule has 0 spiro atoms. The minimum absolute atomic E-state index is 0.00320. The summed E-state index contributed by atoms with van der Waals surface area (Å²) in [5.41, 5.74) is 1.50. The van der Waals surface area contributed by atoms with Crippen molar-refractivity contribution in [2.45, 2.75) is 5.16 Å². The van der Waals surface area contributed by atoms with E-state index in [1.165, 1.54) is 18.2 Å². The highest BCUT2D eigenvalue weighted by Gasteiger charge is 2.19. The third-order valence-corrected chi connectivity index (χ3v) is 5.86. The van der Waals surface area contributed by atoms with Crippen LogP contribution in [0, 0.1) is 0 Å². The largest absolute Gasteiger partial charge is 0.507 e. The van der Waals surface area contributed by atoms with Gasteiger partial charge in [0, 0.05) is 11.4 Å². The second-order valence-electron chi connectivity index (χ2n) is 6.83. The lowest BCUT2D eigenvalue weighted by Crippen LogP contribution is -2.15. The number of aromatic hydroxyl groups is 1. The van der Waals surface area contributed by atoms with E-state index in [2.05, 4.69) is 15.5 Å². The lowest BCUT2D eigenvalue weighted by molar-refractivity contribution is -0.113. The fourth-order valence-corrected chi connectivity index (χ4v) is 4.05. The van der Waals surface area contributed by atoms with Crippen LogP contribution in [0.1, 0.15) is 10.4 Å². The summed E-state index contributed by atoms with van der Waals surface area (Å²) in [4.78, 5) is 23.8. The van der Waals surface area contributed by atoms with E-state index in [0.717, 1.165) is 17.4 Å². The smallest absolute Gasteiger partial charge is 0.337 e. The van der Waals surface area contributed by atoms with Gasteiger partial charge in [0.25, 0.3) is 0 Å². The number of halogens is 1. The van der Waals surface area contributed by atoms with E-state index in [4.69, 9.17) is 11.6 Å². The summed E-state index contributed by atoms with van der Waals surface area (Å²) >= 11 is 7.03. The Balaban J connectivity index is 1.58. The van der Waals surface area contributed by atoms with Crippen molar-refractivity contribution >= 4 is 40.9 Å². The number of aromatic nitrogens is 3. The zero-order valence-electron chi connectivity index (χ0n) is 17.0. The molecule has 0 unspecified atom stereocenters. The minimum atomic E-state index is -1.18. The van der Waals surface area contributed by atoms with Gasteiger partial charge in [0.05, 0.1) is 21.9 Å². The Bertz CT molecular complexity index is 1330. The standard InChI is InChI=1S/C23H17ClN4O4S/c24-18-11-10-14(12-17(18)22(31)32)25-20(30)13-33-23-27-26-21(16-8-4-5-9-19(16)29)28(23)15-6-2-1-3-7-15/h1-12,29H,13H2,(H,25,30)(H,31,32). The molecule has 0 aliphatic heterocycles. The number of carboxylic acids is 1. The molecule has 1 aromatic heterocycles. The van der Waals surface area contributed by atoms with Crippen molar-refractivity contribution < 1.29 is 19.8 Å².